The van der Waals surface area contributed by atoms with Crippen molar-refractivity contribution in [3.05, 3.63) is 28.0 Å². The lowest BCUT2D eigenvalue weighted by atomic mass is 9.94. The molecular formula is C14H19BrFNO3. The molecule has 0 amide bonds. The van der Waals surface area contributed by atoms with Crippen molar-refractivity contribution in [2.45, 2.75) is 25.8 Å². The summed E-state index contributed by atoms with van der Waals surface area (Å²) in [4.78, 5) is 11.2. The van der Waals surface area contributed by atoms with Gasteiger partial charge in [0.2, 0.25) is 0 Å². The molecule has 20 heavy (non-hydrogen) atoms. The first-order valence-electron chi connectivity index (χ1n) is 6.24. The van der Waals surface area contributed by atoms with Crippen molar-refractivity contribution in [1.29, 1.82) is 0 Å². The molecule has 0 spiro atoms. The summed E-state index contributed by atoms with van der Waals surface area (Å²) < 4.78 is 23.6. The molecule has 112 valence electrons. The first-order chi connectivity index (χ1) is 9.38. The predicted molar refractivity (Wildman–Crippen MR) is 78.0 cm³/mol. The van der Waals surface area contributed by atoms with E-state index in [9.17, 15) is 9.18 Å². The van der Waals surface area contributed by atoms with E-state index in [1.165, 1.54) is 20.3 Å². The molecule has 0 saturated heterocycles. The molecular weight excluding hydrogens is 329 g/mol. The van der Waals surface area contributed by atoms with Crippen LogP contribution in [-0.4, -0.2) is 20.2 Å². The van der Waals surface area contributed by atoms with Crippen molar-refractivity contribution >= 4 is 21.9 Å². The van der Waals surface area contributed by atoms with Gasteiger partial charge >= 0.3 is 5.97 Å². The topological polar surface area (TPSA) is 61.5 Å². The highest BCUT2D eigenvalue weighted by Gasteiger charge is 2.19. The van der Waals surface area contributed by atoms with Crippen LogP contribution in [0.5, 0.6) is 5.75 Å². The first kappa shape index (κ1) is 16.9. The van der Waals surface area contributed by atoms with Gasteiger partial charge in [-0.05, 0) is 34.3 Å². The van der Waals surface area contributed by atoms with Gasteiger partial charge in [-0.2, -0.15) is 0 Å². The van der Waals surface area contributed by atoms with Crippen LogP contribution in [0.3, 0.4) is 0 Å². The Morgan fingerprint density at radius 3 is 2.65 bits per heavy atom. The zero-order valence-electron chi connectivity index (χ0n) is 11.8. The highest BCUT2D eigenvalue weighted by atomic mass is 79.9. The van der Waals surface area contributed by atoms with Gasteiger partial charge in [-0.25, -0.2) is 4.39 Å². The SMILES string of the molecule is COC(=O)CC(C)CC(N)c1cc(Br)c(F)cc1OC. The summed E-state index contributed by atoms with van der Waals surface area (Å²) in [5.74, 6) is -0.202. The minimum absolute atomic E-state index is 0.0611. The van der Waals surface area contributed by atoms with E-state index >= 15 is 0 Å². The Morgan fingerprint density at radius 1 is 1.45 bits per heavy atom. The Balaban J connectivity index is 2.83. The average Bonchev–Trinajstić information content (AvgIpc) is 2.40. The van der Waals surface area contributed by atoms with Crippen LogP contribution in [0.1, 0.15) is 31.4 Å². The molecule has 1 aromatic rings. The van der Waals surface area contributed by atoms with Gasteiger partial charge in [0.15, 0.2) is 0 Å². The molecule has 0 aliphatic heterocycles. The molecule has 0 aromatic heterocycles. The van der Waals surface area contributed by atoms with Crippen molar-refractivity contribution in [1.82, 2.24) is 0 Å². The Labute approximate surface area is 126 Å². The van der Waals surface area contributed by atoms with E-state index in [1.807, 2.05) is 6.92 Å². The number of carbonyl (C=O) groups excluding carboxylic acids is 1. The lowest BCUT2D eigenvalue weighted by Gasteiger charge is -2.19. The molecule has 1 aromatic carbocycles. The molecule has 1 rings (SSSR count). The minimum Gasteiger partial charge on any atom is -0.496 e. The number of rotatable bonds is 6. The van der Waals surface area contributed by atoms with Crippen LogP contribution in [-0.2, 0) is 9.53 Å². The monoisotopic (exact) mass is 347 g/mol. The molecule has 0 aliphatic carbocycles. The number of ether oxygens (including phenoxy) is 2. The minimum atomic E-state index is -0.402. The number of halogens is 2. The molecule has 0 bridgehead atoms. The highest BCUT2D eigenvalue weighted by molar-refractivity contribution is 9.10. The van der Waals surface area contributed by atoms with Gasteiger partial charge in [0, 0.05) is 24.1 Å². The first-order valence-corrected chi connectivity index (χ1v) is 7.03. The molecule has 4 nitrogen and oxygen atoms in total. The van der Waals surface area contributed by atoms with E-state index in [2.05, 4.69) is 20.7 Å². The number of hydrogen-bond acceptors (Lipinski definition) is 4. The lowest BCUT2D eigenvalue weighted by molar-refractivity contribution is -0.141. The summed E-state index contributed by atoms with van der Waals surface area (Å²) in [5, 5.41) is 0. The van der Waals surface area contributed by atoms with Crippen molar-refractivity contribution in [3.8, 4) is 5.75 Å². The second kappa shape index (κ2) is 7.59. The highest BCUT2D eigenvalue weighted by Crippen LogP contribution is 2.32. The molecule has 0 radical (unpaired) electrons. The second-order valence-corrected chi connectivity index (χ2v) is 5.59. The number of hydrogen-bond donors (Lipinski definition) is 1. The number of methoxy groups -OCH3 is 2. The third-order valence-electron chi connectivity index (χ3n) is 3.07. The van der Waals surface area contributed by atoms with Gasteiger partial charge in [-0.1, -0.05) is 6.92 Å². The summed E-state index contributed by atoms with van der Waals surface area (Å²) >= 11 is 3.14. The van der Waals surface area contributed by atoms with Crippen LogP contribution < -0.4 is 10.5 Å². The number of esters is 1. The van der Waals surface area contributed by atoms with E-state index in [1.54, 1.807) is 6.07 Å². The summed E-state index contributed by atoms with van der Waals surface area (Å²) in [6.07, 6.45) is 0.873. The van der Waals surface area contributed by atoms with E-state index < -0.39 is 5.82 Å². The second-order valence-electron chi connectivity index (χ2n) is 4.74. The normalized spacial score (nSPS) is 13.7. The number of benzene rings is 1. The molecule has 0 fully saturated rings. The number of carbonyl (C=O) groups is 1. The molecule has 2 atom stereocenters. The molecule has 2 unspecified atom stereocenters. The molecule has 6 heteroatoms. The smallest absolute Gasteiger partial charge is 0.305 e. The maximum absolute atomic E-state index is 13.5. The average molecular weight is 348 g/mol. The summed E-state index contributed by atoms with van der Waals surface area (Å²) in [5.41, 5.74) is 6.84. The molecule has 0 saturated carbocycles. The standard InChI is InChI=1S/C14H19BrFNO3/c1-8(5-14(18)20-3)4-12(17)9-6-10(15)11(16)7-13(9)19-2/h6-8,12H,4-5,17H2,1-3H3. The van der Waals surface area contributed by atoms with Crippen molar-refractivity contribution in [2.24, 2.45) is 11.7 Å². The van der Waals surface area contributed by atoms with Gasteiger partial charge in [0.25, 0.3) is 0 Å². The van der Waals surface area contributed by atoms with E-state index in [-0.39, 0.29) is 17.9 Å². The number of nitrogens with two attached hydrogens (primary N) is 1. The summed E-state index contributed by atoms with van der Waals surface area (Å²) in [6, 6.07) is 2.56. The van der Waals surface area contributed by atoms with Crippen LogP contribution in [0.2, 0.25) is 0 Å². The Hall–Kier alpha value is -1.14. The summed E-state index contributed by atoms with van der Waals surface area (Å²) in [6.45, 7) is 1.92. The Morgan fingerprint density at radius 2 is 2.10 bits per heavy atom. The van der Waals surface area contributed by atoms with Gasteiger partial charge in [-0.3, -0.25) is 4.79 Å². The van der Waals surface area contributed by atoms with Crippen LogP contribution in [0.15, 0.2) is 16.6 Å². The van der Waals surface area contributed by atoms with Gasteiger partial charge in [0.05, 0.1) is 18.7 Å². The van der Waals surface area contributed by atoms with E-state index in [4.69, 9.17) is 10.5 Å². The van der Waals surface area contributed by atoms with E-state index in [0.29, 0.717) is 28.6 Å². The van der Waals surface area contributed by atoms with Gasteiger partial charge < -0.3 is 15.2 Å². The fourth-order valence-electron chi connectivity index (χ4n) is 2.02. The Bertz CT molecular complexity index is 482. The summed E-state index contributed by atoms with van der Waals surface area (Å²) in [7, 11) is 2.83. The Kier molecular flexibility index (Phi) is 6.42. The predicted octanol–water partition coefficient (Wildman–Crippen LogP) is 3.19. The fraction of sp³-hybridized carbons (Fsp3) is 0.500. The van der Waals surface area contributed by atoms with Crippen LogP contribution in [0.4, 0.5) is 4.39 Å². The zero-order chi connectivity index (χ0) is 15.3. The quantitative estimate of drug-likeness (QED) is 0.802. The largest absolute Gasteiger partial charge is 0.496 e. The van der Waals surface area contributed by atoms with Crippen molar-refractivity contribution < 1.29 is 18.7 Å². The molecule has 0 aliphatic rings. The third kappa shape index (κ3) is 4.45. The van der Waals surface area contributed by atoms with Crippen LogP contribution >= 0.6 is 15.9 Å². The van der Waals surface area contributed by atoms with E-state index in [0.717, 1.165) is 0 Å². The van der Waals surface area contributed by atoms with Crippen molar-refractivity contribution in [3.63, 3.8) is 0 Å². The zero-order valence-corrected chi connectivity index (χ0v) is 13.4. The van der Waals surface area contributed by atoms with Gasteiger partial charge in [-0.15, -0.1) is 0 Å². The maximum atomic E-state index is 13.5. The maximum Gasteiger partial charge on any atom is 0.305 e. The fourth-order valence-corrected chi connectivity index (χ4v) is 2.38. The van der Waals surface area contributed by atoms with Gasteiger partial charge in [0.1, 0.15) is 11.6 Å². The van der Waals surface area contributed by atoms with Crippen molar-refractivity contribution in [2.75, 3.05) is 14.2 Å². The molecule has 2 N–H and O–H groups in total. The van der Waals surface area contributed by atoms with Crippen LogP contribution in [0, 0.1) is 11.7 Å². The lowest BCUT2D eigenvalue weighted by Crippen LogP contribution is -2.17. The third-order valence-corrected chi connectivity index (χ3v) is 3.68. The van der Waals surface area contributed by atoms with Crippen LogP contribution in [0.25, 0.3) is 0 Å². The molecule has 0 heterocycles.